The van der Waals surface area contributed by atoms with Crippen LogP contribution in [-0.4, -0.2) is 25.5 Å². The molecule has 1 aliphatic rings. The zero-order valence-corrected chi connectivity index (χ0v) is 13.3. The molecule has 2 aromatic carbocycles. The van der Waals surface area contributed by atoms with Crippen LogP contribution in [0, 0.1) is 0 Å². The summed E-state index contributed by atoms with van der Waals surface area (Å²) in [5.74, 6) is 0.527. The monoisotopic (exact) mass is 303 g/mol. The van der Waals surface area contributed by atoms with Crippen LogP contribution in [0.5, 0.6) is 0 Å². The van der Waals surface area contributed by atoms with Crippen LogP contribution >= 0.6 is 0 Å². The predicted molar refractivity (Wildman–Crippen MR) is 87.2 cm³/mol. The highest BCUT2D eigenvalue weighted by atomic mass is 32.2. The number of nitrogens with one attached hydrogen (secondary N) is 1. The molecule has 2 atom stereocenters. The summed E-state index contributed by atoms with van der Waals surface area (Å²) >= 11 is 0. The van der Waals surface area contributed by atoms with E-state index in [1.165, 1.54) is 16.3 Å². The van der Waals surface area contributed by atoms with Gasteiger partial charge in [-0.25, -0.2) is 8.42 Å². The molecule has 4 heteroatoms. The summed E-state index contributed by atoms with van der Waals surface area (Å²) in [6.07, 6.45) is 0.688. The fourth-order valence-corrected chi connectivity index (χ4v) is 5.31. The van der Waals surface area contributed by atoms with Gasteiger partial charge in [0.05, 0.1) is 11.5 Å². The lowest BCUT2D eigenvalue weighted by atomic mass is 9.97. The summed E-state index contributed by atoms with van der Waals surface area (Å²) in [6.45, 7) is 4.11. The molecule has 2 aromatic rings. The van der Waals surface area contributed by atoms with Gasteiger partial charge in [0, 0.05) is 11.6 Å². The van der Waals surface area contributed by atoms with Gasteiger partial charge >= 0.3 is 0 Å². The fraction of sp³-hybridized carbons (Fsp3) is 0.412. The molecule has 1 heterocycles. The third kappa shape index (κ3) is 3.11. The van der Waals surface area contributed by atoms with E-state index >= 15 is 0 Å². The van der Waals surface area contributed by atoms with Gasteiger partial charge in [-0.15, -0.1) is 0 Å². The molecule has 1 N–H and O–H groups in total. The maximum atomic E-state index is 11.7. The Kier molecular flexibility index (Phi) is 3.54. The summed E-state index contributed by atoms with van der Waals surface area (Å²) < 4.78 is 23.4. The Hall–Kier alpha value is -1.39. The summed E-state index contributed by atoms with van der Waals surface area (Å²) in [5.41, 5.74) is 0.878. The first-order chi connectivity index (χ1) is 9.87. The molecule has 112 valence electrons. The third-order valence-corrected chi connectivity index (χ3v) is 6.24. The Morgan fingerprint density at radius 1 is 1.14 bits per heavy atom. The van der Waals surface area contributed by atoms with Crippen molar-refractivity contribution in [3.8, 4) is 0 Å². The summed E-state index contributed by atoms with van der Waals surface area (Å²) in [4.78, 5) is 0. The highest BCUT2D eigenvalue weighted by Crippen LogP contribution is 2.27. The smallest absolute Gasteiger partial charge is 0.152 e. The molecule has 0 radical (unpaired) electrons. The highest BCUT2D eigenvalue weighted by molar-refractivity contribution is 7.91. The lowest BCUT2D eigenvalue weighted by molar-refractivity contribution is 0.355. The minimum absolute atomic E-state index is 0.132. The predicted octanol–water partition coefficient (Wildman–Crippen LogP) is 3.07. The van der Waals surface area contributed by atoms with Crippen molar-refractivity contribution in [3.63, 3.8) is 0 Å². The average Bonchev–Trinajstić information content (AvgIpc) is 2.71. The van der Waals surface area contributed by atoms with E-state index in [9.17, 15) is 8.42 Å². The molecule has 0 bridgehead atoms. The fourth-order valence-electron chi connectivity index (χ4n) is 3.21. The topological polar surface area (TPSA) is 46.2 Å². The molecule has 0 aliphatic carbocycles. The quantitative estimate of drug-likeness (QED) is 0.948. The van der Waals surface area contributed by atoms with E-state index in [-0.39, 0.29) is 17.3 Å². The van der Waals surface area contributed by atoms with E-state index in [4.69, 9.17) is 0 Å². The number of hydrogen-bond acceptors (Lipinski definition) is 3. The van der Waals surface area contributed by atoms with Gasteiger partial charge < -0.3 is 5.32 Å². The molecular formula is C17H21NO2S. The summed E-state index contributed by atoms with van der Waals surface area (Å²) in [5, 5.41) is 5.95. The van der Waals surface area contributed by atoms with Crippen LogP contribution in [0.2, 0.25) is 0 Å². The summed E-state index contributed by atoms with van der Waals surface area (Å²) in [6, 6.07) is 14.8. The van der Waals surface area contributed by atoms with Crippen molar-refractivity contribution >= 4 is 20.6 Å². The molecule has 3 rings (SSSR count). The second-order valence-corrected chi connectivity index (χ2v) is 8.56. The molecule has 1 saturated heterocycles. The van der Waals surface area contributed by atoms with Gasteiger partial charge in [0.1, 0.15) is 0 Å². The van der Waals surface area contributed by atoms with Crippen LogP contribution in [0.4, 0.5) is 0 Å². The first-order valence-corrected chi connectivity index (χ1v) is 9.16. The number of sulfone groups is 1. The van der Waals surface area contributed by atoms with Crippen molar-refractivity contribution < 1.29 is 8.42 Å². The van der Waals surface area contributed by atoms with Crippen molar-refractivity contribution in [1.82, 2.24) is 5.32 Å². The normalized spacial score (nSPS) is 26.0. The number of rotatable bonds is 3. The van der Waals surface area contributed by atoms with Crippen LogP contribution < -0.4 is 5.32 Å². The average molecular weight is 303 g/mol. The molecule has 1 fully saturated rings. The minimum Gasteiger partial charge on any atom is -0.304 e. The van der Waals surface area contributed by atoms with Gasteiger partial charge in [0.25, 0.3) is 0 Å². The van der Waals surface area contributed by atoms with Crippen LogP contribution in [0.3, 0.4) is 0 Å². The van der Waals surface area contributed by atoms with Crippen LogP contribution in [0.25, 0.3) is 10.8 Å². The zero-order chi connectivity index (χ0) is 15.1. The highest BCUT2D eigenvalue weighted by Gasteiger charge is 2.38. The Bertz CT molecular complexity index is 769. The lowest BCUT2D eigenvalue weighted by Crippen LogP contribution is -2.44. The van der Waals surface area contributed by atoms with Crippen molar-refractivity contribution in [2.75, 3.05) is 11.5 Å². The molecule has 0 amide bonds. The van der Waals surface area contributed by atoms with Gasteiger partial charge in [-0.1, -0.05) is 36.4 Å². The molecule has 3 nitrogen and oxygen atoms in total. The van der Waals surface area contributed by atoms with Crippen LogP contribution in [-0.2, 0) is 9.84 Å². The Labute approximate surface area is 126 Å². The van der Waals surface area contributed by atoms with Gasteiger partial charge in [0.15, 0.2) is 9.84 Å². The van der Waals surface area contributed by atoms with Crippen molar-refractivity contribution in [3.05, 3.63) is 48.0 Å². The van der Waals surface area contributed by atoms with Gasteiger partial charge in [-0.2, -0.15) is 0 Å². The van der Waals surface area contributed by atoms with Gasteiger partial charge in [-0.05, 0) is 42.7 Å². The maximum absolute atomic E-state index is 11.7. The van der Waals surface area contributed by atoms with Crippen molar-refractivity contribution in [1.29, 1.82) is 0 Å². The second kappa shape index (κ2) is 5.11. The molecule has 0 aromatic heterocycles. The van der Waals surface area contributed by atoms with Crippen LogP contribution in [0.1, 0.15) is 31.9 Å². The standard InChI is InChI=1S/C17H21NO2S/c1-13(18-17(2)9-10-21(19,20)12-17)15-8-7-14-5-3-4-6-16(14)11-15/h3-8,11,13,18H,9-10,12H2,1-2H3. The van der Waals surface area contributed by atoms with Gasteiger partial charge in [0.2, 0.25) is 0 Å². The molecule has 0 spiro atoms. The van der Waals surface area contributed by atoms with Crippen molar-refractivity contribution in [2.45, 2.75) is 31.8 Å². The molecular weight excluding hydrogens is 282 g/mol. The molecule has 2 unspecified atom stereocenters. The Morgan fingerprint density at radius 2 is 1.86 bits per heavy atom. The number of fused-ring (bicyclic) bond motifs is 1. The third-order valence-electron chi connectivity index (χ3n) is 4.34. The van der Waals surface area contributed by atoms with Crippen molar-refractivity contribution in [2.24, 2.45) is 0 Å². The second-order valence-electron chi connectivity index (χ2n) is 6.38. The largest absolute Gasteiger partial charge is 0.304 e. The van der Waals surface area contributed by atoms with E-state index in [2.05, 4.69) is 42.6 Å². The first-order valence-electron chi connectivity index (χ1n) is 7.34. The number of hydrogen-bond donors (Lipinski definition) is 1. The van der Waals surface area contributed by atoms with E-state index in [1.807, 2.05) is 19.1 Å². The molecule has 0 saturated carbocycles. The van der Waals surface area contributed by atoms with E-state index < -0.39 is 9.84 Å². The first kappa shape index (κ1) is 14.5. The van der Waals surface area contributed by atoms with E-state index in [0.29, 0.717) is 12.2 Å². The Morgan fingerprint density at radius 3 is 2.52 bits per heavy atom. The van der Waals surface area contributed by atoms with E-state index in [1.54, 1.807) is 0 Å². The lowest BCUT2D eigenvalue weighted by Gasteiger charge is -2.29. The molecule has 21 heavy (non-hydrogen) atoms. The SMILES string of the molecule is CC(NC1(C)CCS(=O)(=O)C1)c1ccc2ccccc2c1. The van der Waals surface area contributed by atoms with E-state index in [0.717, 1.165) is 0 Å². The van der Waals surface area contributed by atoms with Gasteiger partial charge in [-0.3, -0.25) is 0 Å². The maximum Gasteiger partial charge on any atom is 0.152 e. The summed E-state index contributed by atoms with van der Waals surface area (Å²) in [7, 11) is -2.88. The number of benzene rings is 2. The van der Waals surface area contributed by atoms with Crippen LogP contribution in [0.15, 0.2) is 42.5 Å². The zero-order valence-electron chi connectivity index (χ0n) is 12.5. The minimum atomic E-state index is -2.88. The Balaban J connectivity index is 1.82. The molecule has 1 aliphatic heterocycles.